The van der Waals surface area contributed by atoms with Crippen LogP contribution in [0.2, 0.25) is 0 Å². The van der Waals surface area contributed by atoms with E-state index >= 15 is 0 Å². The number of hydrogen-bond acceptors (Lipinski definition) is 2. The molecule has 0 aliphatic rings. The number of allylic oxidation sites excluding steroid dienone is 1. The van der Waals surface area contributed by atoms with Gasteiger partial charge in [0.1, 0.15) is 0 Å². The van der Waals surface area contributed by atoms with Gasteiger partial charge in [-0.25, -0.2) is 0 Å². The van der Waals surface area contributed by atoms with E-state index in [0.29, 0.717) is 5.56 Å². The van der Waals surface area contributed by atoms with Crippen LogP contribution in [-0.2, 0) is 50.4 Å². The first-order chi connectivity index (χ1) is 11.4. The van der Waals surface area contributed by atoms with Crippen LogP contribution >= 0.6 is 0 Å². The van der Waals surface area contributed by atoms with Crippen molar-refractivity contribution < 1.29 is 63.5 Å². The number of alkyl halides is 3. The monoisotopic (exact) mass is 544 g/mol. The quantitative estimate of drug-likeness (QED) is 0.294. The molecule has 0 N–H and O–H groups in total. The average molecular weight is 545 g/mol. The predicted octanol–water partition coefficient (Wildman–Crippen LogP) is 4.88. The van der Waals surface area contributed by atoms with Crippen LogP contribution < -0.4 is 0 Å². The first kappa shape index (κ1) is 24.5. The number of carbonyl (C=O) groups excluding carboxylic acids is 1. The summed E-state index contributed by atoms with van der Waals surface area (Å²) in [7, 11) is 0. The summed E-state index contributed by atoms with van der Waals surface area (Å²) in [6.45, 7) is -1.52. The van der Waals surface area contributed by atoms with Gasteiger partial charge in [-0.15, -0.1) is 0 Å². The number of ketones is 1. The molecule has 0 fully saturated rings. The zero-order chi connectivity index (χ0) is 17.4. The number of rotatable bonds is 6. The molecule has 0 amide bonds. The minimum atomic E-state index is -4.51. The topological polar surface area (TPSA) is 26.3 Å². The van der Waals surface area contributed by atoms with Crippen molar-refractivity contribution in [1.29, 1.82) is 0 Å². The molecule has 7 heteroatoms. The Labute approximate surface area is 177 Å². The van der Waals surface area contributed by atoms with Crippen LogP contribution in [0.5, 0.6) is 0 Å². The van der Waals surface area contributed by atoms with Crippen molar-refractivity contribution in [3.8, 4) is 0 Å². The van der Waals surface area contributed by atoms with Gasteiger partial charge in [0, 0.05) is 40.8 Å². The van der Waals surface area contributed by atoms with Gasteiger partial charge in [0.05, 0.1) is 0 Å². The van der Waals surface area contributed by atoms with E-state index in [1.165, 1.54) is 18.2 Å². The zero-order valence-electron chi connectivity index (χ0n) is 13.3. The average Bonchev–Trinajstić information content (AvgIpc) is 2.57. The number of benzene rings is 2. The van der Waals surface area contributed by atoms with Crippen LogP contribution in [0.3, 0.4) is 0 Å². The fraction of sp³-hybridized carbons (Fsp3) is 0.105. The van der Waals surface area contributed by atoms with Crippen molar-refractivity contribution in [2.24, 2.45) is 0 Å². The number of carbonyl (C=O) groups is 1. The van der Waals surface area contributed by atoms with Gasteiger partial charge in [0.2, 0.25) is 5.78 Å². The first-order valence-electron chi connectivity index (χ1n) is 7.18. The van der Waals surface area contributed by atoms with Gasteiger partial charge in [-0.2, -0.15) is 13.2 Å². The molecule has 144 valence electrons. The molecule has 2 aromatic rings. The van der Waals surface area contributed by atoms with E-state index in [2.05, 4.69) is 0 Å². The third-order valence-corrected chi connectivity index (χ3v) is 2.96. The molecule has 0 aliphatic heterocycles. The van der Waals surface area contributed by atoms with Gasteiger partial charge in [0.25, 0.3) is 0 Å². The van der Waals surface area contributed by atoms with Crippen LogP contribution in [-0.4, -0.2) is 18.6 Å². The van der Waals surface area contributed by atoms with Crippen LogP contribution in [0.15, 0.2) is 72.5 Å². The Kier molecular flexibility index (Phi) is 11.3. The summed E-state index contributed by atoms with van der Waals surface area (Å²) in [6, 6.07) is 17.5. The van der Waals surface area contributed by atoms with Crippen molar-refractivity contribution in [2.45, 2.75) is 6.18 Å². The third kappa shape index (κ3) is 9.27. The standard InChI is InChI=1S/C19H15F3O2.2Pd/c20-19(21,22)14-24-18(13-16-9-5-2-6-10-16)17(23)12-11-15-7-3-1-4-8-15;;/h1-13H,14H2;;. The van der Waals surface area contributed by atoms with Crippen molar-refractivity contribution in [1.82, 2.24) is 0 Å². The SMILES string of the molecule is O=C(C=Cc1ccccc1)C(=Cc1ccccc1)OCC(F)(F)F.[Pd].[Pd]. The number of hydrogen-bond donors (Lipinski definition) is 0. The van der Waals surface area contributed by atoms with Crippen molar-refractivity contribution in [3.05, 3.63) is 83.6 Å². The Hall–Kier alpha value is -1.50. The van der Waals surface area contributed by atoms with Gasteiger partial charge in [-0.05, 0) is 23.3 Å². The molecule has 26 heavy (non-hydrogen) atoms. The smallest absolute Gasteiger partial charge is 0.422 e. The Morgan fingerprint density at radius 2 is 1.38 bits per heavy atom. The summed E-state index contributed by atoms with van der Waals surface area (Å²) >= 11 is 0. The summed E-state index contributed by atoms with van der Waals surface area (Å²) in [5, 5.41) is 0. The molecule has 2 nitrogen and oxygen atoms in total. The number of halogens is 3. The Balaban J connectivity index is 0.00000312. The molecule has 2 aromatic carbocycles. The fourth-order valence-electron chi connectivity index (χ4n) is 1.86. The predicted molar refractivity (Wildman–Crippen MR) is 86.9 cm³/mol. The van der Waals surface area contributed by atoms with E-state index < -0.39 is 18.6 Å². The van der Waals surface area contributed by atoms with E-state index in [1.54, 1.807) is 54.6 Å². The molecule has 0 atom stereocenters. The summed E-state index contributed by atoms with van der Waals surface area (Å²) in [5.74, 6) is -0.988. The van der Waals surface area contributed by atoms with E-state index in [0.717, 1.165) is 5.56 Å². The zero-order valence-corrected chi connectivity index (χ0v) is 16.4. The molecule has 0 bridgehead atoms. The maximum absolute atomic E-state index is 12.4. The van der Waals surface area contributed by atoms with Gasteiger partial charge in [-0.1, -0.05) is 66.7 Å². The van der Waals surface area contributed by atoms with Crippen molar-refractivity contribution >= 4 is 17.9 Å². The normalized spacial score (nSPS) is 11.4. The van der Waals surface area contributed by atoms with Gasteiger partial charge in [0.15, 0.2) is 12.4 Å². The summed E-state index contributed by atoms with van der Waals surface area (Å²) in [5.41, 5.74) is 1.34. The van der Waals surface area contributed by atoms with Crippen molar-refractivity contribution in [2.75, 3.05) is 6.61 Å². The second-order valence-electron chi connectivity index (χ2n) is 4.93. The Morgan fingerprint density at radius 3 is 1.88 bits per heavy atom. The third-order valence-electron chi connectivity index (χ3n) is 2.96. The molecule has 0 radical (unpaired) electrons. The largest absolute Gasteiger partial charge is 0.480 e. The first-order valence-corrected chi connectivity index (χ1v) is 7.18. The fourth-order valence-corrected chi connectivity index (χ4v) is 1.86. The molecule has 0 saturated carbocycles. The summed E-state index contributed by atoms with van der Waals surface area (Å²) in [6.07, 6.45) is -0.499. The molecular formula is C19H15F3O2Pd2. The molecule has 0 saturated heterocycles. The van der Waals surface area contributed by atoms with Gasteiger partial charge >= 0.3 is 6.18 Å². The maximum atomic E-state index is 12.4. The second-order valence-corrected chi connectivity index (χ2v) is 4.93. The van der Waals surface area contributed by atoms with Crippen LogP contribution in [0, 0.1) is 0 Å². The summed E-state index contributed by atoms with van der Waals surface area (Å²) < 4.78 is 41.9. The number of ether oxygens (including phenoxy) is 1. The van der Waals surface area contributed by atoms with E-state index in [9.17, 15) is 18.0 Å². The second kappa shape index (κ2) is 12.0. The molecular weight excluding hydrogens is 530 g/mol. The van der Waals surface area contributed by atoms with Gasteiger partial charge in [-0.3, -0.25) is 4.79 Å². The maximum Gasteiger partial charge on any atom is 0.422 e. The van der Waals surface area contributed by atoms with Crippen molar-refractivity contribution in [3.63, 3.8) is 0 Å². The van der Waals surface area contributed by atoms with Crippen LogP contribution in [0.1, 0.15) is 11.1 Å². The van der Waals surface area contributed by atoms with Crippen LogP contribution in [0.4, 0.5) is 13.2 Å². The molecule has 0 aromatic heterocycles. The molecule has 0 heterocycles. The molecule has 0 unspecified atom stereocenters. The minimum Gasteiger partial charge on any atom is -0.480 e. The minimum absolute atomic E-state index is 0. The molecule has 0 spiro atoms. The van der Waals surface area contributed by atoms with E-state index in [-0.39, 0.29) is 46.6 Å². The Morgan fingerprint density at radius 1 is 0.885 bits per heavy atom. The van der Waals surface area contributed by atoms with Gasteiger partial charge < -0.3 is 4.74 Å². The van der Waals surface area contributed by atoms with E-state index in [1.807, 2.05) is 6.07 Å². The van der Waals surface area contributed by atoms with E-state index in [4.69, 9.17) is 4.74 Å². The molecule has 2 rings (SSSR count). The Bertz CT molecular complexity index is 727. The van der Waals surface area contributed by atoms with Crippen LogP contribution in [0.25, 0.3) is 12.2 Å². The molecule has 0 aliphatic carbocycles. The summed E-state index contributed by atoms with van der Waals surface area (Å²) in [4.78, 5) is 12.2.